The molecule has 1 fully saturated rings. The average molecular weight is 563 g/mol. The molecular formula is C21H22N6O7S2Si. The molecule has 4 heterocycles. The Morgan fingerprint density at radius 2 is 2.00 bits per heavy atom. The number of nitrogens with one attached hydrogen (secondary N) is 1. The summed E-state index contributed by atoms with van der Waals surface area (Å²) in [6, 6.07) is 5.27. The number of β-lactam (4-membered cyclic amide) rings is 1. The van der Waals surface area contributed by atoms with Gasteiger partial charge in [-0.05, 0) is 25.5 Å². The van der Waals surface area contributed by atoms with Crippen LogP contribution >= 0.6 is 23.3 Å². The van der Waals surface area contributed by atoms with Crippen LogP contribution in [-0.4, -0.2) is 85.1 Å². The molecule has 2 aliphatic rings. The van der Waals surface area contributed by atoms with E-state index < -0.39 is 54.9 Å². The number of carbonyl (C=O) groups excluding carboxylic acids is 2. The molecule has 0 aliphatic carbocycles. The van der Waals surface area contributed by atoms with E-state index in [9.17, 15) is 29.4 Å². The highest BCUT2D eigenvalue weighted by molar-refractivity contribution is 8.00. The van der Waals surface area contributed by atoms with E-state index in [0.717, 1.165) is 11.5 Å². The number of carboxylic acids is 2. The van der Waals surface area contributed by atoms with Crippen LogP contribution in [0.4, 0.5) is 5.13 Å². The lowest BCUT2D eigenvalue weighted by Gasteiger charge is -2.49. The molecule has 0 saturated carbocycles. The van der Waals surface area contributed by atoms with Crippen molar-refractivity contribution in [1.29, 1.82) is 0 Å². The van der Waals surface area contributed by atoms with Gasteiger partial charge in [-0.2, -0.15) is 9.36 Å². The number of nitrogens with two attached hydrogens (primary N) is 1. The Morgan fingerprint density at radius 3 is 2.59 bits per heavy atom. The van der Waals surface area contributed by atoms with Gasteiger partial charge in [0.1, 0.15) is 17.1 Å². The number of rotatable bonds is 9. The molecule has 0 unspecified atom stereocenters. The van der Waals surface area contributed by atoms with Crippen LogP contribution in [0.2, 0.25) is 0 Å². The summed E-state index contributed by atoms with van der Waals surface area (Å²) in [7, 11) is -1.07. The van der Waals surface area contributed by atoms with E-state index in [0.29, 0.717) is 17.4 Å². The number of aromatic nitrogens is 2. The Balaban J connectivity index is 1.55. The fraction of sp³-hybridized carbons (Fsp3) is 0.333. The number of carboxylic acid groups (broad SMARTS) is 2. The van der Waals surface area contributed by atoms with Gasteiger partial charge in [0, 0.05) is 25.7 Å². The van der Waals surface area contributed by atoms with E-state index in [-0.39, 0.29) is 16.7 Å². The third-order valence-electron chi connectivity index (χ3n) is 5.55. The Hall–Kier alpha value is -3.63. The minimum absolute atomic E-state index is 0.0358. The fourth-order valence-corrected chi connectivity index (χ4v) is 7.40. The minimum atomic E-state index is -1.77. The highest BCUT2D eigenvalue weighted by atomic mass is 32.2. The molecule has 0 spiro atoms. The smallest absolute Gasteiger partial charge is 0.352 e. The first-order valence-corrected chi connectivity index (χ1v) is 14.5. The maximum absolute atomic E-state index is 13.1. The Kier molecular flexibility index (Phi) is 7.42. The van der Waals surface area contributed by atoms with Gasteiger partial charge in [-0.3, -0.25) is 14.5 Å². The summed E-state index contributed by atoms with van der Waals surface area (Å²) in [5.74, 6) is -3.83. The standard InChI is InChI=1S/C21H22N6O7S2Si/c1-21(2,19(32)33)34-25-11(14-24-20(22)36-26-14)15(28)23-12-16(29)27-13(18(30)31)10(8-35-17(12)27)9-37-6-4-3-5-7-37/h3-7,12,17H,8-9H2,1-2H3,(H,23,28)(H,30,31)(H,32,33)(H2,22,24,26)/b25-11-/t12-,17-/m1/s1. The molecular weight excluding hydrogens is 540 g/mol. The summed E-state index contributed by atoms with van der Waals surface area (Å²) in [6.07, 6.45) is 0. The molecule has 0 bridgehead atoms. The Labute approximate surface area is 220 Å². The SMILES string of the molecule is CC(C)(O/N=C(\C(=O)N[C@@H]1C(=O)N2C(C(=O)O)=C(C[si]3ccccc3)CS[C@H]12)c1nsc(N)n1)C(=O)O. The van der Waals surface area contributed by atoms with Crippen molar-refractivity contribution in [2.75, 3.05) is 11.5 Å². The Morgan fingerprint density at radius 1 is 1.30 bits per heavy atom. The van der Waals surface area contributed by atoms with Gasteiger partial charge in [-0.1, -0.05) is 34.7 Å². The number of amides is 2. The topological polar surface area (TPSA) is 197 Å². The Bertz CT molecular complexity index is 1330. The van der Waals surface area contributed by atoms with Gasteiger partial charge in [0.05, 0.1) is 0 Å². The summed E-state index contributed by atoms with van der Waals surface area (Å²) in [4.78, 5) is 59.7. The first kappa shape index (κ1) is 26.4. The summed E-state index contributed by atoms with van der Waals surface area (Å²) in [5, 5.41) is 24.7. The average Bonchev–Trinajstić information content (AvgIpc) is 3.28. The van der Waals surface area contributed by atoms with Crippen molar-refractivity contribution in [3.8, 4) is 0 Å². The summed E-state index contributed by atoms with van der Waals surface area (Å²) in [6.45, 7) is 2.47. The molecule has 194 valence electrons. The van der Waals surface area contributed by atoms with Gasteiger partial charge >= 0.3 is 11.9 Å². The van der Waals surface area contributed by atoms with E-state index in [1.54, 1.807) is 0 Å². The zero-order valence-corrected chi connectivity index (χ0v) is 22.2. The maximum atomic E-state index is 13.1. The molecule has 4 rings (SSSR count). The normalized spacial score (nSPS) is 19.7. The number of thioether (sulfide) groups is 1. The van der Waals surface area contributed by atoms with Gasteiger partial charge in [-0.15, -0.1) is 11.8 Å². The van der Waals surface area contributed by atoms with Crippen molar-refractivity contribution in [2.24, 2.45) is 5.16 Å². The number of anilines is 1. The van der Waals surface area contributed by atoms with E-state index in [1.807, 2.05) is 18.2 Å². The van der Waals surface area contributed by atoms with Gasteiger partial charge < -0.3 is 26.1 Å². The lowest BCUT2D eigenvalue weighted by atomic mass is 10.0. The zero-order valence-electron chi connectivity index (χ0n) is 19.6. The van der Waals surface area contributed by atoms with Crippen LogP contribution in [0.3, 0.4) is 0 Å². The minimum Gasteiger partial charge on any atom is -0.478 e. The van der Waals surface area contributed by atoms with Crippen molar-refractivity contribution in [1.82, 2.24) is 19.6 Å². The molecule has 2 aromatic rings. The van der Waals surface area contributed by atoms with Crippen LogP contribution in [0, 0.1) is 0 Å². The van der Waals surface area contributed by atoms with E-state index in [4.69, 9.17) is 10.6 Å². The van der Waals surface area contributed by atoms with Crippen LogP contribution in [0.5, 0.6) is 0 Å². The molecule has 1 saturated heterocycles. The molecule has 2 amide bonds. The van der Waals surface area contributed by atoms with Crippen molar-refractivity contribution in [3.63, 3.8) is 0 Å². The van der Waals surface area contributed by atoms with Crippen molar-refractivity contribution >= 4 is 66.3 Å². The van der Waals surface area contributed by atoms with Crippen LogP contribution < -0.4 is 11.1 Å². The third kappa shape index (κ3) is 5.40. The maximum Gasteiger partial charge on any atom is 0.352 e. The molecule has 16 heteroatoms. The molecule has 2 aliphatic heterocycles. The number of fused-ring (bicyclic) bond motifs is 1. The van der Waals surface area contributed by atoms with Gasteiger partial charge in [0.25, 0.3) is 11.8 Å². The molecule has 2 atom stereocenters. The van der Waals surface area contributed by atoms with Crippen molar-refractivity contribution < 1.29 is 34.2 Å². The predicted molar refractivity (Wildman–Crippen MR) is 136 cm³/mol. The number of carbonyl (C=O) groups is 4. The first-order chi connectivity index (χ1) is 17.5. The van der Waals surface area contributed by atoms with Crippen molar-refractivity contribution in [2.45, 2.75) is 36.9 Å². The first-order valence-electron chi connectivity index (χ1n) is 10.8. The molecule has 0 aromatic carbocycles. The highest BCUT2D eigenvalue weighted by Gasteiger charge is 2.54. The van der Waals surface area contributed by atoms with Crippen LogP contribution in [0.1, 0.15) is 19.7 Å². The zero-order chi connectivity index (χ0) is 26.9. The lowest BCUT2D eigenvalue weighted by Crippen LogP contribution is -2.71. The number of aliphatic carboxylic acids is 2. The van der Waals surface area contributed by atoms with E-state index in [2.05, 4.69) is 31.2 Å². The van der Waals surface area contributed by atoms with Crippen LogP contribution in [-0.2, 0) is 30.1 Å². The summed E-state index contributed by atoms with van der Waals surface area (Å²) < 4.78 is 3.93. The van der Waals surface area contributed by atoms with E-state index >= 15 is 0 Å². The number of nitrogen functional groups attached to an aromatic ring is 1. The van der Waals surface area contributed by atoms with Gasteiger partial charge in [-0.25, -0.2) is 9.59 Å². The second kappa shape index (κ2) is 10.4. The molecule has 2 aromatic heterocycles. The summed E-state index contributed by atoms with van der Waals surface area (Å²) >= 11 is 2.14. The number of oxime groups is 1. The van der Waals surface area contributed by atoms with Crippen LogP contribution in [0.15, 0.2) is 46.0 Å². The molecule has 5 N–H and O–H groups in total. The number of nitrogens with zero attached hydrogens (tertiary/aromatic N) is 4. The number of hydrogen-bond donors (Lipinski definition) is 4. The highest BCUT2D eigenvalue weighted by Crippen LogP contribution is 2.40. The van der Waals surface area contributed by atoms with Crippen LogP contribution in [0.25, 0.3) is 0 Å². The molecule has 0 radical (unpaired) electrons. The second-order valence-corrected chi connectivity index (χ2v) is 12.6. The van der Waals surface area contributed by atoms with Gasteiger partial charge in [0.2, 0.25) is 17.1 Å². The molecule has 37 heavy (non-hydrogen) atoms. The predicted octanol–water partition coefficient (Wildman–Crippen LogP) is 0.169. The monoisotopic (exact) mass is 562 g/mol. The lowest BCUT2D eigenvalue weighted by molar-refractivity contribution is -0.161. The number of hydrogen-bond acceptors (Lipinski definition) is 11. The van der Waals surface area contributed by atoms with Crippen molar-refractivity contribution in [3.05, 3.63) is 46.6 Å². The fourth-order valence-electron chi connectivity index (χ4n) is 3.58. The second-order valence-electron chi connectivity index (χ2n) is 8.58. The third-order valence-corrected chi connectivity index (χ3v) is 9.50. The van der Waals surface area contributed by atoms with E-state index in [1.165, 1.54) is 30.5 Å². The molecule has 13 nitrogen and oxygen atoms in total. The largest absolute Gasteiger partial charge is 0.478 e. The quantitative estimate of drug-likeness (QED) is 0.141. The summed E-state index contributed by atoms with van der Waals surface area (Å²) in [5.41, 5.74) is 8.11. The van der Waals surface area contributed by atoms with Gasteiger partial charge in [0.15, 0.2) is 5.13 Å².